The minimum Gasteiger partial charge on any atom is -0.478 e. The van der Waals surface area contributed by atoms with Crippen LogP contribution in [0, 0.1) is 6.92 Å². The Balaban J connectivity index is 1.57. The van der Waals surface area contributed by atoms with Gasteiger partial charge in [-0.05, 0) is 55.0 Å². The molecule has 1 heterocycles. The van der Waals surface area contributed by atoms with Crippen LogP contribution in [0.2, 0.25) is 0 Å². The van der Waals surface area contributed by atoms with E-state index in [-0.39, 0.29) is 11.6 Å². The van der Waals surface area contributed by atoms with Gasteiger partial charge in [-0.1, -0.05) is 15.9 Å². The van der Waals surface area contributed by atoms with E-state index in [2.05, 4.69) is 45.2 Å². The van der Waals surface area contributed by atoms with E-state index in [1.807, 2.05) is 6.07 Å². The van der Waals surface area contributed by atoms with Crippen LogP contribution >= 0.6 is 15.9 Å². The summed E-state index contributed by atoms with van der Waals surface area (Å²) >= 11 is 3.48. The van der Waals surface area contributed by atoms with Gasteiger partial charge >= 0.3 is 12.0 Å². The van der Waals surface area contributed by atoms with Crippen LogP contribution in [0.15, 0.2) is 46.9 Å². The van der Waals surface area contributed by atoms with Crippen molar-refractivity contribution in [2.45, 2.75) is 6.92 Å². The number of nitrogens with zero attached hydrogens (tertiary/aromatic N) is 2. The standard InChI is InChI=1S/C19H20BrN3O3/c1-13-12-15(20)4-7-17(13)22-8-10-23(11-9-22)19(26)21-16-5-2-14(3-6-16)18(24)25/h2-7,12H,8-11H2,1H3,(H,21,26)(H,24,25). The minimum absolute atomic E-state index is 0.166. The maximum absolute atomic E-state index is 12.4. The van der Waals surface area contributed by atoms with Crippen LogP contribution in [0.5, 0.6) is 0 Å². The number of carbonyl (C=O) groups is 2. The van der Waals surface area contributed by atoms with E-state index in [0.29, 0.717) is 18.8 Å². The van der Waals surface area contributed by atoms with Crippen LogP contribution in [0.4, 0.5) is 16.2 Å². The lowest BCUT2D eigenvalue weighted by atomic mass is 10.1. The summed E-state index contributed by atoms with van der Waals surface area (Å²) in [5.41, 5.74) is 3.18. The van der Waals surface area contributed by atoms with Crippen LogP contribution in [0.3, 0.4) is 0 Å². The number of anilines is 2. The van der Waals surface area contributed by atoms with Crippen molar-refractivity contribution in [2.75, 3.05) is 36.4 Å². The van der Waals surface area contributed by atoms with Gasteiger partial charge in [-0.3, -0.25) is 0 Å². The number of aryl methyl sites for hydroxylation is 1. The Bertz CT molecular complexity index is 815. The molecule has 136 valence electrons. The molecular weight excluding hydrogens is 398 g/mol. The number of nitrogens with one attached hydrogen (secondary N) is 1. The SMILES string of the molecule is Cc1cc(Br)ccc1N1CCN(C(=O)Nc2ccc(C(=O)O)cc2)CC1. The molecule has 0 bridgehead atoms. The van der Waals surface area contributed by atoms with Gasteiger partial charge in [-0.25, -0.2) is 9.59 Å². The van der Waals surface area contributed by atoms with Crippen molar-refractivity contribution in [3.8, 4) is 0 Å². The maximum Gasteiger partial charge on any atom is 0.335 e. The molecule has 0 atom stereocenters. The van der Waals surface area contributed by atoms with E-state index in [9.17, 15) is 9.59 Å². The second kappa shape index (κ2) is 7.78. The fourth-order valence-electron chi connectivity index (χ4n) is 3.02. The van der Waals surface area contributed by atoms with Crippen LogP contribution in [0.1, 0.15) is 15.9 Å². The topological polar surface area (TPSA) is 72.9 Å². The molecule has 0 aromatic heterocycles. The number of amides is 2. The number of carboxylic acids is 1. The molecule has 0 radical (unpaired) electrons. The lowest BCUT2D eigenvalue weighted by Crippen LogP contribution is -2.50. The number of piperazine rings is 1. The number of hydrogen-bond donors (Lipinski definition) is 2. The normalized spacial score (nSPS) is 14.2. The number of carboxylic acid groups (broad SMARTS) is 1. The highest BCUT2D eigenvalue weighted by Crippen LogP contribution is 2.25. The fourth-order valence-corrected chi connectivity index (χ4v) is 3.50. The summed E-state index contributed by atoms with van der Waals surface area (Å²) < 4.78 is 1.06. The Morgan fingerprint density at radius 3 is 2.27 bits per heavy atom. The molecule has 6 nitrogen and oxygen atoms in total. The summed E-state index contributed by atoms with van der Waals surface area (Å²) in [6.07, 6.45) is 0. The first-order chi connectivity index (χ1) is 12.4. The van der Waals surface area contributed by atoms with E-state index >= 15 is 0 Å². The van der Waals surface area contributed by atoms with Crippen molar-refractivity contribution >= 4 is 39.3 Å². The van der Waals surface area contributed by atoms with Gasteiger partial charge in [0.05, 0.1) is 5.56 Å². The Hall–Kier alpha value is -2.54. The van der Waals surface area contributed by atoms with Gasteiger partial charge < -0.3 is 20.2 Å². The second-order valence-electron chi connectivity index (χ2n) is 6.22. The summed E-state index contributed by atoms with van der Waals surface area (Å²) in [4.78, 5) is 27.3. The molecule has 1 aliphatic rings. The molecule has 0 unspecified atom stereocenters. The van der Waals surface area contributed by atoms with Gasteiger partial charge in [-0.15, -0.1) is 0 Å². The van der Waals surface area contributed by atoms with Crippen molar-refractivity contribution in [2.24, 2.45) is 0 Å². The number of rotatable bonds is 3. The van der Waals surface area contributed by atoms with Crippen LogP contribution in [-0.2, 0) is 0 Å². The van der Waals surface area contributed by atoms with Gasteiger partial charge in [0, 0.05) is 42.0 Å². The van der Waals surface area contributed by atoms with E-state index in [0.717, 1.165) is 17.6 Å². The van der Waals surface area contributed by atoms with Crippen LogP contribution in [-0.4, -0.2) is 48.2 Å². The van der Waals surface area contributed by atoms with E-state index in [1.165, 1.54) is 23.4 Å². The van der Waals surface area contributed by atoms with Crippen molar-refractivity contribution in [3.63, 3.8) is 0 Å². The zero-order valence-electron chi connectivity index (χ0n) is 14.4. The Kier molecular flexibility index (Phi) is 5.46. The second-order valence-corrected chi connectivity index (χ2v) is 7.13. The molecule has 1 saturated heterocycles. The summed E-state index contributed by atoms with van der Waals surface area (Å²) in [7, 11) is 0. The third-order valence-corrected chi connectivity index (χ3v) is 4.94. The van der Waals surface area contributed by atoms with E-state index < -0.39 is 5.97 Å². The Labute approximate surface area is 160 Å². The number of urea groups is 1. The zero-order chi connectivity index (χ0) is 18.7. The third-order valence-electron chi connectivity index (χ3n) is 4.45. The smallest absolute Gasteiger partial charge is 0.335 e. The maximum atomic E-state index is 12.4. The number of aromatic carboxylic acids is 1. The monoisotopic (exact) mass is 417 g/mol. The predicted octanol–water partition coefficient (Wildman–Crippen LogP) is 3.81. The molecule has 2 N–H and O–H groups in total. The van der Waals surface area contributed by atoms with Gasteiger partial charge in [0.15, 0.2) is 0 Å². The number of benzene rings is 2. The van der Waals surface area contributed by atoms with Gasteiger partial charge in [-0.2, -0.15) is 0 Å². The van der Waals surface area contributed by atoms with Crippen molar-refractivity contribution in [1.29, 1.82) is 0 Å². The largest absolute Gasteiger partial charge is 0.478 e. The number of carbonyl (C=O) groups excluding carboxylic acids is 1. The lowest BCUT2D eigenvalue weighted by Gasteiger charge is -2.36. The molecule has 0 saturated carbocycles. The third kappa shape index (κ3) is 4.16. The number of halogens is 1. The Morgan fingerprint density at radius 2 is 1.69 bits per heavy atom. The lowest BCUT2D eigenvalue weighted by molar-refractivity contribution is 0.0697. The van der Waals surface area contributed by atoms with E-state index in [4.69, 9.17) is 5.11 Å². The first kappa shape index (κ1) is 18.3. The van der Waals surface area contributed by atoms with Gasteiger partial charge in [0.25, 0.3) is 0 Å². The molecule has 1 aliphatic heterocycles. The fraction of sp³-hybridized carbons (Fsp3) is 0.263. The molecule has 0 spiro atoms. The molecule has 7 heteroatoms. The highest BCUT2D eigenvalue weighted by molar-refractivity contribution is 9.10. The molecule has 3 rings (SSSR count). The number of hydrogen-bond acceptors (Lipinski definition) is 3. The van der Waals surface area contributed by atoms with Crippen molar-refractivity contribution in [3.05, 3.63) is 58.1 Å². The predicted molar refractivity (Wildman–Crippen MR) is 105 cm³/mol. The average Bonchev–Trinajstić information content (AvgIpc) is 2.62. The first-order valence-electron chi connectivity index (χ1n) is 8.34. The highest BCUT2D eigenvalue weighted by atomic mass is 79.9. The average molecular weight is 418 g/mol. The van der Waals surface area contributed by atoms with Crippen molar-refractivity contribution in [1.82, 2.24) is 4.90 Å². The summed E-state index contributed by atoms with van der Waals surface area (Å²) in [6.45, 7) is 4.89. The van der Waals surface area contributed by atoms with Gasteiger partial charge in [0.1, 0.15) is 0 Å². The van der Waals surface area contributed by atoms with E-state index in [1.54, 1.807) is 17.0 Å². The molecule has 2 aromatic rings. The zero-order valence-corrected chi connectivity index (χ0v) is 16.0. The van der Waals surface area contributed by atoms with Crippen LogP contribution < -0.4 is 10.2 Å². The van der Waals surface area contributed by atoms with Crippen molar-refractivity contribution < 1.29 is 14.7 Å². The molecular formula is C19H20BrN3O3. The summed E-state index contributed by atoms with van der Waals surface area (Å²) in [6, 6.07) is 12.2. The summed E-state index contributed by atoms with van der Waals surface area (Å²) in [5.74, 6) is -0.984. The molecule has 1 fully saturated rings. The molecule has 0 aliphatic carbocycles. The Morgan fingerprint density at radius 1 is 1.04 bits per heavy atom. The minimum atomic E-state index is -0.984. The molecule has 2 amide bonds. The molecule has 2 aromatic carbocycles. The molecule has 26 heavy (non-hydrogen) atoms. The highest BCUT2D eigenvalue weighted by Gasteiger charge is 2.22. The first-order valence-corrected chi connectivity index (χ1v) is 9.14. The van der Waals surface area contributed by atoms with Crippen LogP contribution in [0.25, 0.3) is 0 Å². The quantitative estimate of drug-likeness (QED) is 0.795. The van der Waals surface area contributed by atoms with Gasteiger partial charge in [0.2, 0.25) is 0 Å². The summed E-state index contributed by atoms with van der Waals surface area (Å²) in [5, 5.41) is 11.7.